The van der Waals surface area contributed by atoms with Gasteiger partial charge in [0.15, 0.2) is 0 Å². The molecule has 0 rings (SSSR count). The van der Waals surface area contributed by atoms with Crippen molar-refractivity contribution < 1.29 is 19.1 Å². The van der Waals surface area contributed by atoms with Crippen LogP contribution in [0, 0.1) is 5.92 Å². The normalized spacial score (nSPS) is 13.8. The number of methoxy groups -OCH3 is 1. The molecule has 114 valence electrons. The van der Waals surface area contributed by atoms with Crippen LogP contribution in [0.5, 0.6) is 0 Å². The van der Waals surface area contributed by atoms with E-state index in [1.54, 1.807) is 33.8 Å². The molecule has 2 atom stereocenters. The van der Waals surface area contributed by atoms with Gasteiger partial charge in [-0.2, -0.15) is 0 Å². The summed E-state index contributed by atoms with van der Waals surface area (Å²) < 4.78 is 10.1. The van der Waals surface area contributed by atoms with E-state index in [1.807, 2.05) is 0 Å². The first kappa shape index (κ1) is 18.2. The monoisotopic (exact) mass is 283 g/mol. The quantitative estimate of drug-likeness (QED) is 0.555. The molecule has 0 radical (unpaired) electrons. The standard InChI is InChI=1S/C15H25NO4/c1-8-10-16(14(18)20-15(4,5)6)12(11(3)9-2)13(17)19-7/h8-9,11-12H,1-2,10H2,3-7H3/t11-,12-/m1/s1. The molecule has 0 aromatic rings. The van der Waals surface area contributed by atoms with Gasteiger partial charge in [0, 0.05) is 12.5 Å². The van der Waals surface area contributed by atoms with Crippen LogP contribution in [0.15, 0.2) is 25.3 Å². The first-order valence-corrected chi connectivity index (χ1v) is 6.48. The predicted molar refractivity (Wildman–Crippen MR) is 78.3 cm³/mol. The molecular formula is C15H25NO4. The molecule has 0 aromatic carbocycles. The largest absolute Gasteiger partial charge is 0.467 e. The molecule has 20 heavy (non-hydrogen) atoms. The summed E-state index contributed by atoms with van der Waals surface area (Å²) in [5.41, 5.74) is -0.644. The first-order valence-electron chi connectivity index (χ1n) is 6.48. The fourth-order valence-electron chi connectivity index (χ4n) is 1.64. The number of esters is 1. The number of nitrogens with zero attached hydrogens (tertiary/aromatic N) is 1. The van der Waals surface area contributed by atoms with Gasteiger partial charge in [-0.25, -0.2) is 9.59 Å². The van der Waals surface area contributed by atoms with Gasteiger partial charge in [-0.3, -0.25) is 4.90 Å². The van der Waals surface area contributed by atoms with Crippen molar-refractivity contribution in [2.24, 2.45) is 5.92 Å². The minimum atomic E-state index is -0.787. The number of carbonyl (C=O) groups excluding carboxylic acids is 2. The van der Waals surface area contributed by atoms with Gasteiger partial charge in [-0.1, -0.05) is 19.1 Å². The van der Waals surface area contributed by atoms with Gasteiger partial charge in [0.05, 0.1) is 7.11 Å². The van der Waals surface area contributed by atoms with Crippen molar-refractivity contribution >= 4 is 12.1 Å². The van der Waals surface area contributed by atoms with Crippen LogP contribution in [-0.4, -0.2) is 42.3 Å². The predicted octanol–water partition coefficient (Wildman–Crippen LogP) is 2.77. The Bertz CT molecular complexity index is 371. The van der Waals surface area contributed by atoms with Crippen LogP contribution in [0.25, 0.3) is 0 Å². The summed E-state index contributed by atoms with van der Waals surface area (Å²) in [6.07, 6.45) is 2.55. The SMILES string of the molecule is C=CCN(C(=O)OC(C)(C)C)[C@@H](C(=O)OC)[C@H](C)C=C. The van der Waals surface area contributed by atoms with Gasteiger partial charge in [0.2, 0.25) is 0 Å². The second-order valence-electron chi connectivity index (χ2n) is 5.48. The second kappa shape index (κ2) is 7.72. The Morgan fingerprint density at radius 2 is 1.85 bits per heavy atom. The lowest BCUT2D eigenvalue weighted by Gasteiger charge is -2.33. The molecule has 0 saturated carbocycles. The Morgan fingerprint density at radius 1 is 1.30 bits per heavy atom. The van der Waals surface area contributed by atoms with Gasteiger partial charge in [-0.15, -0.1) is 13.2 Å². The van der Waals surface area contributed by atoms with Crippen LogP contribution >= 0.6 is 0 Å². The number of ether oxygens (including phenoxy) is 2. The molecule has 0 heterocycles. The molecule has 1 amide bonds. The van der Waals surface area contributed by atoms with Crippen molar-refractivity contribution in [3.05, 3.63) is 25.3 Å². The van der Waals surface area contributed by atoms with E-state index >= 15 is 0 Å². The fraction of sp³-hybridized carbons (Fsp3) is 0.600. The van der Waals surface area contributed by atoms with E-state index in [0.29, 0.717) is 0 Å². The summed E-state index contributed by atoms with van der Waals surface area (Å²) in [5, 5.41) is 0. The Hall–Kier alpha value is -1.78. The highest BCUT2D eigenvalue weighted by atomic mass is 16.6. The van der Waals surface area contributed by atoms with E-state index < -0.39 is 23.7 Å². The van der Waals surface area contributed by atoms with Gasteiger partial charge < -0.3 is 9.47 Å². The summed E-state index contributed by atoms with van der Waals surface area (Å²) in [7, 11) is 1.28. The molecule has 5 heteroatoms. The maximum Gasteiger partial charge on any atom is 0.411 e. The van der Waals surface area contributed by atoms with Crippen LogP contribution < -0.4 is 0 Å². The van der Waals surface area contributed by atoms with Crippen LogP contribution in [0.3, 0.4) is 0 Å². The minimum Gasteiger partial charge on any atom is -0.467 e. The van der Waals surface area contributed by atoms with Crippen molar-refractivity contribution in [3.8, 4) is 0 Å². The third kappa shape index (κ3) is 5.47. The number of hydrogen-bond donors (Lipinski definition) is 0. The van der Waals surface area contributed by atoms with E-state index in [-0.39, 0.29) is 12.5 Å². The summed E-state index contributed by atoms with van der Waals surface area (Å²) in [5.74, 6) is -0.778. The highest BCUT2D eigenvalue weighted by Crippen LogP contribution is 2.18. The Morgan fingerprint density at radius 3 is 2.20 bits per heavy atom. The maximum atomic E-state index is 12.2. The Labute approximate surface area is 121 Å². The average molecular weight is 283 g/mol. The Kier molecular flexibility index (Phi) is 7.04. The summed E-state index contributed by atoms with van der Waals surface area (Å²) in [6.45, 7) is 14.5. The van der Waals surface area contributed by atoms with Gasteiger partial charge >= 0.3 is 12.1 Å². The lowest BCUT2D eigenvalue weighted by molar-refractivity contribution is -0.147. The maximum absolute atomic E-state index is 12.2. The molecule has 0 aliphatic rings. The van der Waals surface area contributed by atoms with Gasteiger partial charge in [0.1, 0.15) is 11.6 Å². The van der Waals surface area contributed by atoms with E-state index in [1.165, 1.54) is 18.1 Å². The van der Waals surface area contributed by atoms with Crippen molar-refractivity contribution in [1.82, 2.24) is 4.90 Å². The Balaban J connectivity index is 5.36. The lowest BCUT2D eigenvalue weighted by atomic mass is 10.0. The van der Waals surface area contributed by atoms with E-state index in [2.05, 4.69) is 13.2 Å². The molecule has 0 N–H and O–H groups in total. The topological polar surface area (TPSA) is 55.8 Å². The van der Waals surface area contributed by atoms with Crippen LogP contribution in [0.2, 0.25) is 0 Å². The molecule has 0 bridgehead atoms. The molecule has 0 unspecified atom stereocenters. The molecule has 0 aliphatic heterocycles. The van der Waals surface area contributed by atoms with Gasteiger partial charge in [-0.05, 0) is 20.8 Å². The third-order valence-corrected chi connectivity index (χ3v) is 2.60. The molecule has 5 nitrogen and oxygen atoms in total. The molecule has 0 fully saturated rings. The third-order valence-electron chi connectivity index (χ3n) is 2.60. The molecule has 0 aliphatic carbocycles. The second-order valence-corrected chi connectivity index (χ2v) is 5.48. The number of carbonyl (C=O) groups is 2. The lowest BCUT2D eigenvalue weighted by Crippen LogP contribution is -2.50. The molecule has 0 spiro atoms. The molecule has 0 aromatic heterocycles. The zero-order valence-electron chi connectivity index (χ0n) is 13.0. The number of hydrogen-bond acceptors (Lipinski definition) is 4. The molecular weight excluding hydrogens is 258 g/mol. The zero-order chi connectivity index (χ0) is 15.9. The van der Waals surface area contributed by atoms with Crippen LogP contribution in [0.1, 0.15) is 27.7 Å². The van der Waals surface area contributed by atoms with Crippen molar-refractivity contribution in [1.29, 1.82) is 0 Å². The minimum absolute atomic E-state index is 0.187. The smallest absolute Gasteiger partial charge is 0.411 e. The summed E-state index contributed by atoms with van der Waals surface area (Å²) >= 11 is 0. The van der Waals surface area contributed by atoms with Crippen molar-refractivity contribution in [2.75, 3.05) is 13.7 Å². The number of rotatable bonds is 6. The van der Waals surface area contributed by atoms with Crippen LogP contribution in [-0.2, 0) is 14.3 Å². The van der Waals surface area contributed by atoms with Crippen molar-refractivity contribution in [2.45, 2.75) is 39.3 Å². The van der Waals surface area contributed by atoms with E-state index in [4.69, 9.17) is 9.47 Å². The highest BCUT2D eigenvalue weighted by molar-refractivity contribution is 5.82. The van der Waals surface area contributed by atoms with E-state index in [0.717, 1.165) is 0 Å². The average Bonchev–Trinajstić information content (AvgIpc) is 2.35. The summed E-state index contributed by atoms with van der Waals surface area (Å²) in [6, 6.07) is -0.787. The number of amides is 1. The van der Waals surface area contributed by atoms with Gasteiger partial charge in [0.25, 0.3) is 0 Å². The fourth-order valence-corrected chi connectivity index (χ4v) is 1.64. The molecule has 0 saturated heterocycles. The highest BCUT2D eigenvalue weighted by Gasteiger charge is 2.35. The van der Waals surface area contributed by atoms with Crippen LogP contribution in [0.4, 0.5) is 4.79 Å². The summed E-state index contributed by atoms with van der Waals surface area (Å²) in [4.78, 5) is 25.5. The van der Waals surface area contributed by atoms with Crippen molar-refractivity contribution in [3.63, 3.8) is 0 Å². The zero-order valence-corrected chi connectivity index (χ0v) is 13.0. The van der Waals surface area contributed by atoms with E-state index in [9.17, 15) is 9.59 Å². The first-order chi connectivity index (χ1) is 9.17.